The van der Waals surface area contributed by atoms with Crippen LogP contribution in [0.2, 0.25) is 0 Å². The van der Waals surface area contributed by atoms with E-state index in [4.69, 9.17) is 4.74 Å². The molecule has 1 atom stereocenters. The molecular weight excluding hydrogens is 218 g/mol. The zero-order valence-corrected chi connectivity index (χ0v) is 9.80. The van der Waals surface area contributed by atoms with Crippen LogP contribution in [-0.2, 0) is 16.1 Å². The fourth-order valence-electron chi connectivity index (χ4n) is 1.86. The lowest BCUT2D eigenvalue weighted by Gasteiger charge is -2.15. The molecule has 1 aromatic rings. The van der Waals surface area contributed by atoms with Crippen LogP contribution >= 0.6 is 0 Å². The molecule has 0 bridgehead atoms. The Kier molecular flexibility index (Phi) is 3.13. The van der Waals surface area contributed by atoms with Gasteiger partial charge in [-0.1, -0.05) is 30.3 Å². The molecule has 0 unspecified atom stereocenters. The number of benzene rings is 1. The van der Waals surface area contributed by atoms with E-state index in [0.29, 0.717) is 12.8 Å². The van der Waals surface area contributed by atoms with Crippen molar-refractivity contribution in [3.8, 4) is 0 Å². The van der Waals surface area contributed by atoms with E-state index in [2.05, 4.69) is 0 Å². The minimum Gasteiger partial charge on any atom is -0.456 e. The van der Waals surface area contributed by atoms with Crippen molar-refractivity contribution >= 4 is 12.2 Å². The number of nitrogens with zero attached hydrogens (tertiary/aromatic N) is 1. The summed E-state index contributed by atoms with van der Waals surface area (Å²) in [6.07, 6.45) is 2.87. The third kappa shape index (κ3) is 2.30. The Balaban J connectivity index is 1.97. The summed E-state index contributed by atoms with van der Waals surface area (Å²) < 4.78 is 6.18. The summed E-state index contributed by atoms with van der Waals surface area (Å²) in [7, 11) is 0. The molecule has 1 aromatic carbocycles. The maximum absolute atomic E-state index is 11.9. The van der Waals surface area contributed by atoms with Crippen LogP contribution < -0.4 is 0 Å². The highest BCUT2D eigenvalue weighted by molar-refractivity contribution is 5.80. The average Bonchev–Trinajstić information content (AvgIpc) is 2.69. The highest BCUT2D eigenvalue weighted by atomic mass is 16.5. The van der Waals surface area contributed by atoms with Gasteiger partial charge in [-0.15, -0.1) is 0 Å². The lowest BCUT2D eigenvalue weighted by Crippen LogP contribution is -2.43. The van der Waals surface area contributed by atoms with Gasteiger partial charge in [-0.3, -0.25) is 5.21 Å². The lowest BCUT2D eigenvalue weighted by atomic mass is 10.0. The number of esters is 1. The van der Waals surface area contributed by atoms with Crippen molar-refractivity contribution in [1.82, 2.24) is 0 Å². The van der Waals surface area contributed by atoms with E-state index in [1.807, 2.05) is 30.3 Å². The topological polar surface area (TPSA) is 49.5 Å². The summed E-state index contributed by atoms with van der Waals surface area (Å²) in [5.74, 6) is -0.391. The lowest BCUT2D eigenvalue weighted by molar-refractivity contribution is -0.807. The van der Waals surface area contributed by atoms with Gasteiger partial charge in [0.05, 0.1) is 0 Å². The summed E-state index contributed by atoms with van der Waals surface area (Å²) in [5.41, 5.74) is 0.00493. The van der Waals surface area contributed by atoms with Crippen LogP contribution in [0, 0.1) is 0 Å². The van der Waals surface area contributed by atoms with Gasteiger partial charge < -0.3 is 4.74 Å². The van der Waals surface area contributed by atoms with Gasteiger partial charge in [0, 0.05) is 19.8 Å². The van der Waals surface area contributed by atoms with Gasteiger partial charge in [-0.2, -0.15) is 0 Å². The molecule has 0 aromatic heterocycles. The number of carbonyl (C=O) groups is 1. The molecule has 0 amide bonds. The van der Waals surface area contributed by atoms with Crippen LogP contribution in [0.3, 0.4) is 0 Å². The third-order valence-corrected chi connectivity index (χ3v) is 3.09. The normalized spacial score (nSPS) is 23.2. The highest BCUT2D eigenvalue weighted by Gasteiger charge is 2.50. The molecule has 1 aliphatic heterocycles. The standard InChI is InChI=1S/C13H16NO3/c1-13(8-5-9-14(13)16)12(15)17-10-11-6-3-2-4-7-11/h2-4,6-7,9,16H,5,8,10H2,1H3/q+1/t13-/m1/s1. The van der Waals surface area contributed by atoms with Crippen molar-refractivity contribution in [2.24, 2.45) is 0 Å². The summed E-state index contributed by atoms with van der Waals surface area (Å²) in [6.45, 7) is 1.92. The van der Waals surface area contributed by atoms with Gasteiger partial charge in [0.25, 0.3) is 0 Å². The van der Waals surface area contributed by atoms with Crippen molar-refractivity contribution in [1.29, 1.82) is 0 Å². The Morgan fingerprint density at radius 2 is 2.18 bits per heavy atom. The number of rotatable bonds is 3. The molecular formula is C13H16NO3+. The number of hydrogen-bond acceptors (Lipinski definition) is 3. The predicted octanol–water partition coefficient (Wildman–Crippen LogP) is 1.75. The monoisotopic (exact) mass is 234 g/mol. The quantitative estimate of drug-likeness (QED) is 0.492. The summed E-state index contributed by atoms with van der Waals surface area (Å²) in [5, 5.41) is 9.59. The molecule has 0 saturated carbocycles. The minimum atomic E-state index is -0.936. The van der Waals surface area contributed by atoms with E-state index in [0.717, 1.165) is 10.3 Å². The van der Waals surface area contributed by atoms with Gasteiger partial charge in [-0.05, 0) is 10.3 Å². The molecule has 17 heavy (non-hydrogen) atoms. The third-order valence-electron chi connectivity index (χ3n) is 3.09. The van der Waals surface area contributed by atoms with Gasteiger partial charge in [0.2, 0.25) is 0 Å². The van der Waals surface area contributed by atoms with Crippen molar-refractivity contribution in [2.45, 2.75) is 31.9 Å². The van der Waals surface area contributed by atoms with E-state index in [9.17, 15) is 10.0 Å². The molecule has 4 nitrogen and oxygen atoms in total. The molecule has 90 valence electrons. The van der Waals surface area contributed by atoms with Crippen LogP contribution in [0.4, 0.5) is 0 Å². The van der Waals surface area contributed by atoms with Gasteiger partial charge in [0.1, 0.15) is 6.61 Å². The van der Waals surface area contributed by atoms with Crippen molar-refractivity contribution in [3.05, 3.63) is 35.9 Å². The average molecular weight is 234 g/mol. The smallest absolute Gasteiger partial charge is 0.383 e. The molecule has 0 fully saturated rings. The van der Waals surface area contributed by atoms with Crippen LogP contribution in [0.15, 0.2) is 30.3 Å². The Hall–Kier alpha value is -1.84. The zero-order chi connectivity index (χ0) is 12.3. The number of hydroxylamine groups is 1. The van der Waals surface area contributed by atoms with Crippen molar-refractivity contribution in [3.63, 3.8) is 0 Å². The molecule has 1 N–H and O–H groups in total. The molecule has 0 spiro atoms. The van der Waals surface area contributed by atoms with E-state index in [1.54, 1.807) is 13.1 Å². The maximum Gasteiger partial charge on any atom is 0.383 e. The van der Waals surface area contributed by atoms with E-state index in [-0.39, 0.29) is 6.61 Å². The first-order chi connectivity index (χ1) is 8.13. The SMILES string of the molecule is C[C@]1(C(=O)OCc2ccccc2)CCC=[N+]1O. The number of hydrogen-bond donors (Lipinski definition) is 1. The first-order valence-electron chi connectivity index (χ1n) is 5.65. The van der Waals surface area contributed by atoms with E-state index >= 15 is 0 Å². The van der Waals surface area contributed by atoms with Gasteiger partial charge in [-0.25, -0.2) is 4.79 Å². The Labute approximate surface area is 100 Å². The minimum absolute atomic E-state index is 0.239. The molecule has 1 aliphatic rings. The van der Waals surface area contributed by atoms with Crippen LogP contribution in [-0.4, -0.2) is 27.7 Å². The molecule has 1 heterocycles. The Bertz CT molecular complexity index is 441. The van der Waals surface area contributed by atoms with E-state index < -0.39 is 11.5 Å². The first kappa shape index (κ1) is 11.6. The van der Waals surface area contributed by atoms with Crippen LogP contribution in [0.5, 0.6) is 0 Å². The Morgan fingerprint density at radius 3 is 2.76 bits per heavy atom. The van der Waals surface area contributed by atoms with Crippen LogP contribution in [0.25, 0.3) is 0 Å². The van der Waals surface area contributed by atoms with Crippen molar-refractivity contribution in [2.75, 3.05) is 0 Å². The summed E-state index contributed by atoms with van der Waals surface area (Å²) in [4.78, 5) is 11.9. The highest BCUT2D eigenvalue weighted by Crippen LogP contribution is 2.22. The van der Waals surface area contributed by atoms with Crippen molar-refractivity contribution < 1.29 is 19.5 Å². The predicted molar refractivity (Wildman–Crippen MR) is 62.0 cm³/mol. The molecule has 2 rings (SSSR count). The van der Waals surface area contributed by atoms with Crippen LogP contribution in [0.1, 0.15) is 25.3 Å². The number of carbonyl (C=O) groups excluding carboxylic acids is 1. The fraction of sp³-hybridized carbons (Fsp3) is 0.385. The summed E-state index contributed by atoms with van der Waals surface area (Å²) in [6, 6.07) is 9.49. The molecule has 0 radical (unpaired) electrons. The number of ether oxygens (including phenoxy) is 1. The molecule has 4 heteroatoms. The van der Waals surface area contributed by atoms with Gasteiger partial charge >= 0.3 is 11.5 Å². The second-order valence-corrected chi connectivity index (χ2v) is 4.40. The molecule has 0 aliphatic carbocycles. The molecule has 0 saturated heterocycles. The second kappa shape index (κ2) is 4.57. The maximum atomic E-state index is 11.9. The van der Waals surface area contributed by atoms with Gasteiger partial charge in [0.15, 0.2) is 6.21 Å². The first-order valence-corrected chi connectivity index (χ1v) is 5.65. The Morgan fingerprint density at radius 1 is 1.47 bits per heavy atom. The second-order valence-electron chi connectivity index (χ2n) is 4.40. The zero-order valence-electron chi connectivity index (χ0n) is 9.80. The fourth-order valence-corrected chi connectivity index (χ4v) is 1.86. The largest absolute Gasteiger partial charge is 0.456 e. The van der Waals surface area contributed by atoms with E-state index in [1.165, 1.54) is 0 Å². The summed E-state index contributed by atoms with van der Waals surface area (Å²) >= 11 is 0.